The summed E-state index contributed by atoms with van der Waals surface area (Å²) in [7, 11) is 0. The maximum atomic E-state index is 12.4. The molecule has 0 saturated carbocycles. The molecule has 1 aromatic heterocycles. The third-order valence-electron chi connectivity index (χ3n) is 3.99. The van der Waals surface area contributed by atoms with E-state index in [-0.39, 0.29) is 11.4 Å². The predicted molar refractivity (Wildman–Crippen MR) is 97.8 cm³/mol. The minimum absolute atomic E-state index is 0.0814. The molecular weight excluding hydrogens is 354 g/mol. The molecule has 2 heterocycles. The Labute approximate surface area is 152 Å². The number of hydrogen-bond acceptors (Lipinski definition) is 6. The molecule has 1 aliphatic rings. The molecule has 2 aromatic carbocycles. The Hall–Kier alpha value is -3.26. The zero-order valence-corrected chi connectivity index (χ0v) is 14.3. The average Bonchev–Trinajstić information content (AvgIpc) is 3.30. The summed E-state index contributed by atoms with van der Waals surface area (Å²) in [6.07, 6.45) is 0.870. The number of nitro benzene ring substituents is 1. The molecular formula is C18H13N3O4S. The van der Waals surface area contributed by atoms with Crippen LogP contribution in [0.2, 0.25) is 0 Å². The molecule has 0 saturated heterocycles. The number of amides is 1. The summed E-state index contributed by atoms with van der Waals surface area (Å²) in [5.41, 5.74) is 2.62. The lowest BCUT2D eigenvalue weighted by Gasteiger charge is -2.03. The minimum Gasteiger partial charge on any atom is -0.493 e. The molecule has 26 heavy (non-hydrogen) atoms. The number of fused-ring (bicyclic) bond motifs is 1. The van der Waals surface area contributed by atoms with Gasteiger partial charge in [-0.3, -0.25) is 14.9 Å². The van der Waals surface area contributed by atoms with Crippen LogP contribution in [0, 0.1) is 10.1 Å². The summed E-state index contributed by atoms with van der Waals surface area (Å²) < 4.78 is 5.50. The fourth-order valence-electron chi connectivity index (χ4n) is 2.72. The highest BCUT2D eigenvalue weighted by Crippen LogP contribution is 2.32. The quantitative estimate of drug-likeness (QED) is 0.557. The van der Waals surface area contributed by atoms with Crippen molar-refractivity contribution in [2.24, 2.45) is 0 Å². The van der Waals surface area contributed by atoms with E-state index >= 15 is 0 Å². The standard InChI is InChI=1S/C18H13N3O4S/c22-17(19-13-2-1-3-14(9-13)21(23)24)15-10-26-18(20-15)12-4-5-16-11(8-12)6-7-25-16/h1-5,8-10H,6-7H2,(H,19,22). The van der Waals surface area contributed by atoms with E-state index < -0.39 is 10.8 Å². The number of carbonyl (C=O) groups is 1. The molecule has 0 fully saturated rings. The van der Waals surface area contributed by atoms with Crippen molar-refractivity contribution in [3.05, 3.63) is 69.2 Å². The predicted octanol–water partition coefficient (Wildman–Crippen LogP) is 3.91. The molecule has 0 atom stereocenters. The summed E-state index contributed by atoms with van der Waals surface area (Å²) in [4.78, 5) is 27.1. The van der Waals surface area contributed by atoms with E-state index in [0.29, 0.717) is 12.3 Å². The Morgan fingerprint density at radius 3 is 3.00 bits per heavy atom. The number of thiazole rings is 1. The van der Waals surface area contributed by atoms with Gasteiger partial charge in [0.05, 0.1) is 11.5 Å². The largest absolute Gasteiger partial charge is 0.493 e. The molecule has 8 heteroatoms. The lowest BCUT2D eigenvalue weighted by atomic mass is 10.1. The first kappa shape index (κ1) is 16.2. The number of ether oxygens (including phenoxy) is 1. The SMILES string of the molecule is O=C(Nc1cccc([N+](=O)[O-])c1)c1csc(-c2ccc3c(c2)CCO3)n1. The van der Waals surface area contributed by atoms with Crippen molar-refractivity contribution >= 4 is 28.6 Å². The van der Waals surface area contributed by atoms with Crippen LogP contribution in [0.3, 0.4) is 0 Å². The van der Waals surface area contributed by atoms with Gasteiger partial charge in [0.1, 0.15) is 16.5 Å². The molecule has 3 aromatic rings. The van der Waals surface area contributed by atoms with Crippen molar-refractivity contribution < 1.29 is 14.5 Å². The molecule has 0 bridgehead atoms. The van der Waals surface area contributed by atoms with Crippen molar-refractivity contribution in [3.8, 4) is 16.3 Å². The Balaban J connectivity index is 1.53. The first-order valence-corrected chi connectivity index (χ1v) is 8.75. The van der Waals surface area contributed by atoms with Gasteiger partial charge in [0.2, 0.25) is 0 Å². The van der Waals surface area contributed by atoms with Gasteiger partial charge in [0, 0.05) is 35.2 Å². The molecule has 0 radical (unpaired) electrons. The zero-order valence-electron chi connectivity index (χ0n) is 13.5. The van der Waals surface area contributed by atoms with Gasteiger partial charge in [-0.15, -0.1) is 11.3 Å². The molecule has 1 amide bonds. The summed E-state index contributed by atoms with van der Waals surface area (Å²) in [6, 6.07) is 11.7. The van der Waals surface area contributed by atoms with Crippen molar-refractivity contribution in [1.82, 2.24) is 4.98 Å². The number of benzene rings is 2. The highest BCUT2D eigenvalue weighted by Gasteiger charge is 2.16. The number of rotatable bonds is 4. The number of nitro groups is 1. The number of hydrogen-bond donors (Lipinski definition) is 1. The van der Waals surface area contributed by atoms with Crippen LogP contribution < -0.4 is 10.1 Å². The Kier molecular flexibility index (Phi) is 4.10. The van der Waals surface area contributed by atoms with E-state index in [1.807, 2.05) is 18.2 Å². The van der Waals surface area contributed by atoms with E-state index in [1.165, 1.54) is 29.5 Å². The zero-order chi connectivity index (χ0) is 18.1. The van der Waals surface area contributed by atoms with E-state index in [1.54, 1.807) is 11.4 Å². The molecule has 1 N–H and O–H groups in total. The number of non-ortho nitro benzene ring substituents is 1. The number of nitrogens with one attached hydrogen (secondary N) is 1. The molecule has 0 unspecified atom stereocenters. The third kappa shape index (κ3) is 3.14. The smallest absolute Gasteiger partial charge is 0.275 e. The second-order valence-electron chi connectivity index (χ2n) is 5.72. The number of nitrogens with zero attached hydrogens (tertiary/aromatic N) is 2. The first-order chi connectivity index (χ1) is 12.6. The van der Waals surface area contributed by atoms with E-state index in [4.69, 9.17) is 4.74 Å². The second-order valence-corrected chi connectivity index (χ2v) is 6.58. The number of anilines is 1. The molecule has 4 rings (SSSR count). The van der Waals surface area contributed by atoms with E-state index in [0.717, 1.165) is 28.3 Å². The lowest BCUT2D eigenvalue weighted by Crippen LogP contribution is -2.12. The normalized spacial score (nSPS) is 12.3. The fraction of sp³-hybridized carbons (Fsp3) is 0.111. The van der Waals surface area contributed by atoms with Gasteiger partial charge in [0.25, 0.3) is 11.6 Å². The maximum Gasteiger partial charge on any atom is 0.275 e. The first-order valence-electron chi connectivity index (χ1n) is 7.87. The van der Waals surface area contributed by atoms with Gasteiger partial charge in [-0.25, -0.2) is 4.98 Å². The summed E-state index contributed by atoms with van der Waals surface area (Å²) in [5.74, 6) is 0.492. The molecule has 0 aliphatic carbocycles. The van der Waals surface area contributed by atoms with Crippen LogP contribution in [0.4, 0.5) is 11.4 Å². The molecule has 0 spiro atoms. The summed E-state index contributed by atoms with van der Waals surface area (Å²) in [6.45, 7) is 0.688. The monoisotopic (exact) mass is 367 g/mol. The molecule has 1 aliphatic heterocycles. The van der Waals surface area contributed by atoms with Gasteiger partial charge in [-0.05, 0) is 29.8 Å². The van der Waals surface area contributed by atoms with E-state index in [9.17, 15) is 14.9 Å². The second kappa shape index (κ2) is 6.57. The van der Waals surface area contributed by atoms with Gasteiger partial charge >= 0.3 is 0 Å². The van der Waals surface area contributed by atoms with Crippen LogP contribution in [-0.2, 0) is 6.42 Å². The lowest BCUT2D eigenvalue weighted by molar-refractivity contribution is -0.384. The highest BCUT2D eigenvalue weighted by atomic mass is 32.1. The van der Waals surface area contributed by atoms with Crippen molar-refractivity contribution in [2.45, 2.75) is 6.42 Å². The van der Waals surface area contributed by atoms with Crippen LogP contribution in [-0.4, -0.2) is 22.4 Å². The van der Waals surface area contributed by atoms with Crippen LogP contribution in [0.5, 0.6) is 5.75 Å². The molecule has 7 nitrogen and oxygen atoms in total. The number of carbonyl (C=O) groups excluding carboxylic acids is 1. The summed E-state index contributed by atoms with van der Waals surface area (Å²) in [5, 5.41) is 15.9. The molecule has 130 valence electrons. The van der Waals surface area contributed by atoms with Crippen LogP contribution in [0.25, 0.3) is 10.6 Å². The van der Waals surface area contributed by atoms with Gasteiger partial charge in [-0.2, -0.15) is 0 Å². The Morgan fingerprint density at radius 1 is 1.27 bits per heavy atom. The maximum absolute atomic E-state index is 12.4. The van der Waals surface area contributed by atoms with Crippen molar-refractivity contribution in [3.63, 3.8) is 0 Å². The average molecular weight is 367 g/mol. The highest BCUT2D eigenvalue weighted by molar-refractivity contribution is 7.13. The topological polar surface area (TPSA) is 94.4 Å². The van der Waals surface area contributed by atoms with Crippen LogP contribution >= 0.6 is 11.3 Å². The minimum atomic E-state index is -0.506. The van der Waals surface area contributed by atoms with Crippen LogP contribution in [0.15, 0.2) is 47.8 Å². The number of aromatic nitrogens is 1. The van der Waals surface area contributed by atoms with Crippen molar-refractivity contribution in [2.75, 3.05) is 11.9 Å². The Morgan fingerprint density at radius 2 is 2.15 bits per heavy atom. The fourth-order valence-corrected chi connectivity index (χ4v) is 3.52. The third-order valence-corrected chi connectivity index (χ3v) is 4.88. The van der Waals surface area contributed by atoms with E-state index in [2.05, 4.69) is 10.3 Å². The summed E-state index contributed by atoms with van der Waals surface area (Å²) >= 11 is 1.37. The Bertz CT molecular complexity index is 1020. The van der Waals surface area contributed by atoms with Gasteiger partial charge in [-0.1, -0.05) is 6.07 Å². The van der Waals surface area contributed by atoms with Gasteiger partial charge in [0.15, 0.2) is 0 Å². The van der Waals surface area contributed by atoms with Crippen LogP contribution in [0.1, 0.15) is 16.1 Å². The van der Waals surface area contributed by atoms with Crippen molar-refractivity contribution in [1.29, 1.82) is 0 Å². The van der Waals surface area contributed by atoms with Gasteiger partial charge < -0.3 is 10.1 Å².